The number of anilines is 8. The summed E-state index contributed by atoms with van der Waals surface area (Å²) in [6.45, 7) is 8.75. The predicted octanol–water partition coefficient (Wildman–Crippen LogP) is 33.7. The summed E-state index contributed by atoms with van der Waals surface area (Å²) in [5, 5.41) is 23.2. The molecule has 28 rings (SSSR count). The lowest BCUT2D eigenvalue weighted by molar-refractivity contribution is 0.794. The maximum atomic E-state index is 11.2. The summed E-state index contributed by atoms with van der Waals surface area (Å²) in [7, 11) is 0. The Morgan fingerprint density at radius 2 is 0.535 bits per heavy atom. The first-order valence-electron chi connectivity index (χ1n) is 48.8. The molecular weight excluding hydrogens is 1750 g/mol. The second-order valence-corrected chi connectivity index (χ2v) is 37.7. The Kier molecular flexibility index (Phi) is 19.0. The highest BCUT2D eigenvalue weighted by molar-refractivity contribution is 6.29. The monoisotopic (exact) mass is 1830 g/mol. The van der Waals surface area contributed by atoms with Crippen molar-refractivity contribution in [2.75, 3.05) is 20.4 Å². The van der Waals surface area contributed by atoms with Crippen LogP contribution in [0.3, 0.4) is 0 Å². The lowest BCUT2D eigenvalue weighted by atomic mass is 9.70. The number of hydrogen-bond donors (Lipinski definition) is 2. The van der Waals surface area contributed by atoms with Gasteiger partial charge in [-0.3, -0.25) is 0 Å². The number of hydrogen-bond acceptors (Lipinski definition) is 7. The summed E-state index contributed by atoms with van der Waals surface area (Å²) < 4.78 is 0. The van der Waals surface area contributed by atoms with E-state index in [9.17, 15) is 5.26 Å². The molecule has 4 heterocycles. The molecule has 10 nitrogen and oxygen atoms in total. The Balaban J connectivity index is 0.440. The molecule has 6 aliphatic rings. The number of fused-ring (bicyclic) bond motifs is 20. The number of allylic oxidation sites excluding steroid dienone is 1. The van der Waals surface area contributed by atoms with Crippen molar-refractivity contribution in [2.24, 2.45) is 9.98 Å². The van der Waals surface area contributed by atoms with E-state index < -0.39 is 10.8 Å². The van der Waals surface area contributed by atoms with Crippen LogP contribution in [-0.4, -0.2) is 21.6 Å². The minimum Gasteiger partial charge on any atom is -0.339 e. The van der Waals surface area contributed by atoms with E-state index in [0.717, 1.165) is 134 Å². The fourth-order valence-electron chi connectivity index (χ4n) is 23.9. The largest absolute Gasteiger partial charge is 0.339 e. The van der Waals surface area contributed by atoms with Crippen molar-refractivity contribution in [3.63, 3.8) is 0 Å². The summed E-state index contributed by atoms with van der Waals surface area (Å²) in [6.07, 6.45) is 3.80. The van der Waals surface area contributed by atoms with Gasteiger partial charge in [0.05, 0.1) is 29.0 Å². The van der Waals surface area contributed by atoms with E-state index in [2.05, 4.69) is 432 Å². The topological polar surface area (TPSA) is 109 Å². The SMILES string of the molecule is [C-]#[N+]/C(=C(/C#N)c1ccc(N(c2ccc(-c3ccccc3)cc2)c2ccc(-c3ccc(N=C4Nc5ccc(-c6ccc7c(c6)C6(c8ccccc8-c8ccccc86)c6ccccc6-7)c6cccc4c56)nc3)cc2)cc1)c1ccc(N(c2ccc(-c3ccccc3)cc2)c2ccc(-c3ccc(N=C4Nc5ccc(-c6ccc7c(c6)C6(c8ccccc8-c8ccccc86)c6ccccc6-7)c6cccc4c56)nc3)cc2)cc1. The number of rotatable bonds is 16. The molecule has 20 aromatic carbocycles. The Labute approximate surface area is 833 Å². The molecule has 668 valence electrons. The predicted molar refractivity (Wildman–Crippen MR) is 590 cm³/mol. The van der Waals surface area contributed by atoms with E-state index >= 15 is 0 Å². The third-order valence-electron chi connectivity index (χ3n) is 30.3. The molecule has 144 heavy (non-hydrogen) atoms. The number of nitrogens with zero attached hydrogens (tertiary/aromatic N) is 8. The third kappa shape index (κ3) is 12.9. The highest BCUT2D eigenvalue weighted by Gasteiger charge is 2.54. The molecule has 2 aliphatic heterocycles. The van der Waals surface area contributed by atoms with Crippen LogP contribution in [0.25, 0.3) is 149 Å². The minimum absolute atomic E-state index is 0.248. The normalized spacial score (nSPS) is 13.9. The van der Waals surface area contributed by atoms with E-state index in [1.807, 2.05) is 85.2 Å². The highest BCUT2D eigenvalue weighted by Crippen LogP contribution is 2.66. The Morgan fingerprint density at radius 1 is 0.257 bits per heavy atom. The van der Waals surface area contributed by atoms with Crippen LogP contribution < -0.4 is 20.4 Å². The first-order valence-corrected chi connectivity index (χ1v) is 48.8. The fourth-order valence-corrected chi connectivity index (χ4v) is 23.9. The number of aromatic nitrogens is 2. The molecule has 2 aromatic heterocycles. The van der Waals surface area contributed by atoms with E-state index in [4.69, 9.17) is 26.5 Å². The summed E-state index contributed by atoms with van der Waals surface area (Å²) in [6, 6.07) is 172. The Bertz CT molecular complexity index is 8610. The van der Waals surface area contributed by atoms with Crippen molar-refractivity contribution in [3.05, 3.63) is 564 Å². The van der Waals surface area contributed by atoms with E-state index in [1.54, 1.807) is 0 Å². The Morgan fingerprint density at radius 3 is 0.861 bits per heavy atom. The van der Waals surface area contributed by atoms with Crippen LogP contribution in [0.5, 0.6) is 0 Å². The van der Waals surface area contributed by atoms with Crippen molar-refractivity contribution in [2.45, 2.75) is 10.8 Å². The average molecular weight is 1830 g/mol. The van der Waals surface area contributed by atoms with Gasteiger partial charge in [-0.25, -0.2) is 24.8 Å². The molecule has 2 spiro atoms. The van der Waals surface area contributed by atoms with Gasteiger partial charge in [-0.2, -0.15) is 5.26 Å². The van der Waals surface area contributed by atoms with Gasteiger partial charge in [0.15, 0.2) is 11.6 Å². The second kappa shape index (κ2) is 33.1. The number of amidine groups is 2. The van der Waals surface area contributed by atoms with Crippen molar-refractivity contribution in [3.8, 4) is 117 Å². The zero-order valence-electron chi connectivity index (χ0n) is 77.8. The molecule has 22 aromatic rings. The number of nitriles is 1. The van der Waals surface area contributed by atoms with Crippen molar-refractivity contribution >= 4 is 102 Å². The van der Waals surface area contributed by atoms with Crippen LogP contribution in [0.1, 0.15) is 66.8 Å². The molecule has 10 heteroatoms. The van der Waals surface area contributed by atoms with E-state index in [0.29, 0.717) is 22.8 Å². The molecule has 0 saturated carbocycles. The van der Waals surface area contributed by atoms with Crippen LogP contribution in [0.4, 0.5) is 57.1 Å². The average Bonchev–Trinajstić information content (AvgIpc) is 1.51. The standard InChI is InChI=1S/C134H82N10/c1-136-130(90-52-68-100(69-53-90)144(96-60-44-86(45-61-96)84-24-6-3-7-25-84)98-64-48-88(49-65-98)94-57-77-127(138-82-94)142-132-114-35-21-33-112-102(73-75-125(140-132)129(112)114)92-55-71-110-108-31-13-19-41-121(108)134(123(110)79-92)118-38-16-10-28-105(118)106-29-11-17-39-119(106)134)115(80-135)89-50-66-99(67-51-89)143(95-58-42-85(43-59-95)83-22-4-2-5-23-83)97-62-46-87(47-63-97)93-56-76-126(137-81-93)141-131-113-34-20-32-111-101(72-74-124(139-131)128(111)113)91-54-70-109-107-30-12-18-40-120(107)133(122(109)78-91)116-36-14-8-26-103(116)104-27-9-15-37-117(104)133/h2-79,81-82H,(H,137,139,141)(H,138,140,142)/b130-115-. The van der Waals surface area contributed by atoms with Crippen molar-refractivity contribution in [1.82, 2.24) is 9.97 Å². The van der Waals surface area contributed by atoms with Crippen LogP contribution in [0.2, 0.25) is 0 Å². The second-order valence-electron chi connectivity index (χ2n) is 37.7. The molecule has 0 atom stereocenters. The molecule has 0 fully saturated rings. The fraction of sp³-hybridized carbons (Fsp3) is 0.0149. The van der Waals surface area contributed by atoms with Gasteiger partial charge >= 0.3 is 0 Å². The van der Waals surface area contributed by atoms with Gasteiger partial charge in [0.1, 0.15) is 11.7 Å². The van der Waals surface area contributed by atoms with Crippen LogP contribution in [0.15, 0.2) is 496 Å². The lowest BCUT2D eigenvalue weighted by Gasteiger charge is -2.30. The van der Waals surface area contributed by atoms with Gasteiger partial charge in [-0.05, 0) is 288 Å². The van der Waals surface area contributed by atoms with Crippen molar-refractivity contribution in [1.29, 1.82) is 5.26 Å². The summed E-state index contributed by atoms with van der Waals surface area (Å²) in [4.78, 5) is 28.9. The van der Waals surface area contributed by atoms with Crippen LogP contribution >= 0.6 is 0 Å². The zero-order chi connectivity index (χ0) is 95.2. The molecular formula is C134H82N10. The number of pyridine rings is 2. The molecule has 2 N–H and O–H groups in total. The molecule has 0 unspecified atom stereocenters. The van der Waals surface area contributed by atoms with Gasteiger partial charge in [0.2, 0.25) is 5.70 Å². The van der Waals surface area contributed by atoms with Crippen LogP contribution in [-0.2, 0) is 10.8 Å². The quantitative estimate of drug-likeness (QED) is 0.0563. The lowest BCUT2D eigenvalue weighted by Crippen LogP contribution is -2.25. The van der Waals surface area contributed by atoms with E-state index in [1.165, 1.54) is 111 Å². The molecule has 0 bridgehead atoms. The van der Waals surface area contributed by atoms with Crippen molar-refractivity contribution < 1.29 is 0 Å². The first-order chi connectivity index (χ1) is 71.3. The number of nitrogens with one attached hydrogen (secondary N) is 2. The maximum absolute atomic E-state index is 11.2. The van der Waals surface area contributed by atoms with Gasteiger partial charge in [0, 0.05) is 90.9 Å². The van der Waals surface area contributed by atoms with Gasteiger partial charge in [0.25, 0.3) is 0 Å². The van der Waals surface area contributed by atoms with E-state index in [-0.39, 0.29) is 11.3 Å². The summed E-state index contributed by atoms with van der Waals surface area (Å²) in [5.74, 6) is 2.70. The Hall–Kier alpha value is -19.5. The zero-order valence-corrected chi connectivity index (χ0v) is 77.8. The van der Waals surface area contributed by atoms with Gasteiger partial charge in [-0.15, -0.1) is 0 Å². The highest BCUT2D eigenvalue weighted by atomic mass is 15.1. The summed E-state index contributed by atoms with van der Waals surface area (Å²) in [5.41, 5.74) is 44.3. The molecule has 4 aliphatic carbocycles. The minimum atomic E-state index is -0.440. The van der Waals surface area contributed by atoms with Gasteiger partial charge in [-0.1, -0.05) is 352 Å². The van der Waals surface area contributed by atoms with Crippen LogP contribution in [0, 0.1) is 17.9 Å². The third-order valence-corrected chi connectivity index (χ3v) is 30.3. The molecule has 0 saturated heterocycles. The maximum Gasteiger partial charge on any atom is 0.212 e. The molecule has 0 radical (unpaired) electrons. The number of aliphatic imine (C=N–C) groups is 2. The smallest absolute Gasteiger partial charge is 0.212 e. The van der Waals surface area contributed by atoms with Gasteiger partial charge < -0.3 is 20.4 Å². The summed E-state index contributed by atoms with van der Waals surface area (Å²) >= 11 is 0. The number of benzene rings is 20. The first kappa shape index (κ1) is 82.7. The molecule has 0 amide bonds.